The standard InChI is InChI=1S/C4H6IN2PS/c5-4(8)7-2-1-3(9)6-7/h1-2,4H,8H2,(H,6,9). The van der Waals surface area contributed by atoms with Gasteiger partial charge in [-0.25, -0.2) is 0 Å². The Morgan fingerprint density at radius 1 is 1.89 bits per heavy atom. The summed E-state index contributed by atoms with van der Waals surface area (Å²) in [6, 6.07) is 1.86. The van der Waals surface area contributed by atoms with Crippen LogP contribution in [0.5, 0.6) is 0 Å². The highest BCUT2D eigenvalue weighted by molar-refractivity contribution is 14.1. The summed E-state index contributed by atoms with van der Waals surface area (Å²) in [6.07, 6.45) is 1.90. The van der Waals surface area contributed by atoms with Crippen molar-refractivity contribution in [1.29, 1.82) is 0 Å². The summed E-state index contributed by atoms with van der Waals surface area (Å²) in [5, 5.41) is 4.83. The molecule has 0 N–H and O–H groups in total. The molecule has 0 aliphatic carbocycles. The molecule has 0 bridgehead atoms. The topological polar surface area (TPSA) is 17.8 Å². The molecule has 0 saturated carbocycles. The van der Waals surface area contributed by atoms with Crippen LogP contribution in [0.3, 0.4) is 0 Å². The van der Waals surface area contributed by atoms with Gasteiger partial charge in [0.05, 0.1) is 0 Å². The van der Waals surface area contributed by atoms with Crippen LogP contribution in [-0.2, 0) is 0 Å². The molecule has 2 nitrogen and oxygen atoms in total. The van der Waals surface area contributed by atoms with E-state index in [1.165, 1.54) is 0 Å². The average Bonchev–Trinajstić information content (AvgIpc) is 2.14. The van der Waals surface area contributed by atoms with Crippen molar-refractivity contribution in [3.8, 4) is 0 Å². The summed E-state index contributed by atoms with van der Waals surface area (Å²) in [5.41, 5.74) is 0. The van der Waals surface area contributed by atoms with Crippen LogP contribution in [0.1, 0.15) is 3.79 Å². The Morgan fingerprint density at radius 3 is 2.78 bits per heavy atom. The smallest absolute Gasteiger partial charge is 0.116 e. The lowest BCUT2D eigenvalue weighted by Crippen LogP contribution is -1.93. The lowest BCUT2D eigenvalue weighted by atomic mass is 10.7. The van der Waals surface area contributed by atoms with Crippen LogP contribution in [0, 0.1) is 0 Å². The van der Waals surface area contributed by atoms with E-state index in [-0.39, 0.29) is 0 Å². The number of hydrogen-bond donors (Lipinski definition) is 1. The molecular formula is C4H6IN2PS. The van der Waals surface area contributed by atoms with E-state index in [1.54, 1.807) is 0 Å². The van der Waals surface area contributed by atoms with Crippen LogP contribution in [0.15, 0.2) is 17.3 Å². The fraction of sp³-hybridized carbons (Fsp3) is 0.250. The second-order valence-electron chi connectivity index (χ2n) is 1.53. The van der Waals surface area contributed by atoms with E-state index >= 15 is 0 Å². The molecule has 0 radical (unpaired) electrons. The van der Waals surface area contributed by atoms with E-state index < -0.39 is 0 Å². The van der Waals surface area contributed by atoms with Crippen molar-refractivity contribution in [2.24, 2.45) is 0 Å². The monoisotopic (exact) mass is 272 g/mol. The molecule has 1 aromatic heterocycles. The van der Waals surface area contributed by atoms with Crippen LogP contribution in [0.4, 0.5) is 0 Å². The highest BCUT2D eigenvalue weighted by atomic mass is 127. The molecule has 1 aromatic rings. The zero-order valence-corrected chi connectivity index (χ0v) is 8.74. The summed E-state index contributed by atoms with van der Waals surface area (Å²) < 4.78 is 2.15. The van der Waals surface area contributed by atoms with Crippen LogP contribution < -0.4 is 0 Å². The molecule has 5 heteroatoms. The van der Waals surface area contributed by atoms with E-state index in [0.717, 1.165) is 5.03 Å². The summed E-state index contributed by atoms with van der Waals surface area (Å²) in [4.78, 5) is 0. The van der Waals surface area contributed by atoms with Crippen LogP contribution >= 0.6 is 44.5 Å². The van der Waals surface area contributed by atoms with Gasteiger partial charge in [0.15, 0.2) is 0 Å². The predicted molar refractivity (Wildman–Crippen MR) is 52.2 cm³/mol. The summed E-state index contributed by atoms with van der Waals surface area (Å²) in [5.74, 6) is 0. The Bertz CT molecular complexity index is 200. The summed E-state index contributed by atoms with van der Waals surface area (Å²) in [6.45, 7) is 0. The largest absolute Gasteiger partial charge is 0.255 e. The van der Waals surface area contributed by atoms with E-state index in [0.29, 0.717) is 3.79 Å². The van der Waals surface area contributed by atoms with Crippen molar-refractivity contribution in [2.45, 2.75) is 8.82 Å². The lowest BCUT2D eigenvalue weighted by molar-refractivity contribution is 0.728. The first kappa shape index (κ1) is 7.82. The van der Waals surface area contributed by atoms with E-state index in [9.17, 15) is 0 Å². The third-order valence-corrected chi connectivity index (χ3v) is 1.96. The normalized spacial score (nSPS) is 13.7. The molecule has 2 unspecified atom stereocenters. The molecule has 0 amide bonds. The Labute approximate surface area is 75.2 Å². The fourth-order valence-corrected chi connectivity index (χ4v) is 1.11. The molecule has 9 heavy (non-hydrogen) atoms. The predicted octanol–water partition coefficient (Wildman–Crippen LogP) is 1.94. The fourth-order valence-electron chi connectivity index (χ4n) is 0.465. The van der Waals surface area contributed by atoms with E-state index in [4.69, 9.17) is 0 Å². The zero-order valence-electron chi connectivity index (χ0n) is 4.53. The number of hydrogen-bond acceptors (Lipinski definition) is 2. The van der Waals surface area contributed by atoms with Crippen molar-refractivity contribution in [3.05, 3.63) is 12.3 Å². The molecule has 0 aliphatic heterocycles. The van der Waals surface area contributed by atoms with Gasteiger partial charge in [-0.15, -0.1) is 21.9 Å². The Balaban J connectivity index is 2.85. The Kier molecular flexibility index (Phi) is 2.79. The van der Waals surface area contributed by atoms with E-state index in [1.807, 2.05) is 16.9 Å². The van der Waals surface area contributed by atoms with Crippen molar-refractivity contribution in [1.82, 2.24) is 9.78 Å². The molecule has 0 spiro atoms. The quantitative estimate of drug-likeness (QED) is 0.358. The SMILES string of the molecule is PC(I)n1ccc(S)n1. The van der Waals surface area contributed by atoms with Gasteiger partial charge in [0.2, 0.25) is 0 Å². The van der Waals surface area contributed by atoms with Gasteiger partial charge in [0.1, 0.15) is 8.82 Å². The number of thiol groups is 1. The summed E-state index contributed by atoms with van der Waals surface area (Å²) in [7, 11) is 2.64. The highest BCUT2D eigenvalue weighted by Gasteiger charge is 1.97. The second-order valence-corrected chi connectivity index (χ2v) is 5.25. The number of rotatable bonds is 1. The summed E-state index contributed by atoms with van der Waals surface area (Å²) >= 11 is 6.31. The minimum absolute atomic E-state index is 0.323. The van der Waals surface area contributed by atoms with E-state index in [2.05, 4.69) is 49.6 Å². The average molecular weight is 272 g/mol. The number of nitrogens with zero attached hydrogens (tertiary/aromatic N) is 2. The van der Waals surface area contributed by atoms with Gasteiger partial charge in [0.25, 0.3) is 0 Å². The van der Waals surface area contributed by atoms with Gasteiger partial charge in [-0.3, -0.25) is 4.68 Å². The van der Waals surface area contributed by atoms with Gasteiger partial charge in [-0.2, -0.15) is 5.10 Å². The number of alkyl halides is 1. The van der Waals surface area contributed by atoms with Crippen LogP contribution in [0.25, 0.3) is 0 Å². The van der Waals surface area contributed by atoms with Gasteiger partial charge >= 0.3 is 0 Å². The first-order valence-corrected chi connectivity index (χ1v) is 4.70. The maximum Gasteiger partial charge on any atom is 0.116 e. The Morgan fingerprint density at radius 2 is 2.56 bits per heavy atom. The van der Waals surface area contributed by atoms with Crippen molar-refractivity contribution < 1.29 is 0 Å². The number of halogens is 1. The first-order chi connectivity index (χ1) is 4.20. The molecule has 0 saturated heterocycles. The van der Waals surface area contributed by atoms with Crippen molar-refractivity contribution in [3.63, 3.8) is 0 Å². The minimum atomic E-state index is 0.323. The van der Waals surface area contributed by atoms with Gasteiger partial charge in [0, 0.05) is 6.20 Å². The van der Waals surface area contributed by atoms with Crippen molar-refractivity contribution >= 4 is 44.5 Å². The van der Waals surface area contributed by atoms with Gasteiger partial charge in [-0.05, 0) is 6.07 Å². The molecule has 0 aromatic carbocycles. The molecule has 50 valence electrons. The highest BCUT2D eigenvalue weighted by Crippen LogP contribution is 2.22. The van der Waals surface area contributed by atoms with Gasteiger partial charge < -0.3 is 0 Å². The minimum Gasteiger partial charge on any atom is -0.255 e. The second kappa shape index (κ2) is 3.21. The van der Waals surface area contributed by atoms with Crippen LogP contribution in [-0.4, -0.2) is 9.78 Å². The molecule has 2 atom stereocenters. The molecule has 0 aliphatic rings. The maximum atomic E-state index is 4.06. The third kappa shape index (κ3) is 2.09. The maximum absolute atomic E-state index is 4.06. The van der Waals surface area contributed by atoms with Crippen molar-refractivity contribution in [2.75, 3.05) is 0 Å². The third-order valence-electron chi connectivity index (χ3n) is 0.847. The molecule has 0 fully saturated rings. The number of aromatic nitrogens is 2. The zero-order chi connectivity index (χ0) is 6.85. The Hall–Kier alpha value is 0.720. The van der Waals surface area contributed by atoms with Crippen LogP contribution in [0.2, 0.25) is 0 Å². The van der Waals surface area contributed by atoms with Gasteiger partial charge in [-0.1, -0.05) is 22.6 Å². The molecule has 1 rings (SSSR count). The molecule has 1 heterocycles. The first-order valence-electron chi connectivity index (χ1n) is 2.34. The lowest BCUT2D eigenvalue weighted by Gasteiger charge is -2.00. The molecular weight excluding hydrogens is 266 g/mol.